The molecule has 3 nitrogen and oxygen atoms in total. The van der Waals surface area contributed by atoms with Gasteiger partial charge >= 0.3 is 6.18 Å². The topological polar surface area (TPSA) is 37.3 Å². The van der Waals surface area contributed by atoms with Crippen molar-refractivity contribution >= 4 is 22.7 Å². The van der Waals surface area contributed by atoms with Gasteiger partial charge in [-0.3, -0.25) is 5.43 Å². The highest BCUT2D eigenvalue weighted by atomic mass is 32.1. The Balaban J connectivity index is 2.00. The van der Waals surface area contributed by atoms with Gasteiger partial charge in [0.25, 0.3) is 0 Å². The molecule has 1 aromatic heterocycles. The van der Waals surface area contributed by atoms with Gasteiger partial charge in [0.15, 0.2) is 0 Å². The van der Waals surface area contributed by atoms with Crippen molar-refractivity contribution in [1.82, 2.24) is 4.98 Å². The van der Waals surface area contributed by atoms with Crippen LogP contribution in [0.25, 0.3) is 0 Å². The van der Waals surface area contributed by atoms with Gasteiger partial charge in [0.2, 0.25) is 5.13 Å². The quantitative estimate of drug-likeness (QED) is 0.684. The number of anilines is 1. The normalized spacial score (nSPS) is 11.9. The van der Waals surface area contributed by atoms with Crippen LogP contribution in [-0.4, -0.2) is 11.2 Å². The number of rotatable bonds is 3. The third kappa shape index (κ3) is 3.30. The largest absolute Gasteiger partial charge is 0.416 e. The standard InChI is InChI=1S/C11H8F3N3S/c12-11(13,14)9-3-1-8(2-4-9)7-16-17-10-15-5-6-18-10/h1-7H,(H,15,17)/b16-7-. The number of hydrazone groups is 1. The van der Waals surface area contributed by atoms with Crippen LogP contribution in [-0.2, 0) is 6.18 Å². The van der Waals surface area contributed by atoms with Crippen molar-refractivity contribution in [3.05, 3.63) is 47.0 Å². The molecule has 0 atom stereocenters. The average molecular weight is 271 g/mol. The molecule has 0 saturated carbocycles. The van der Waals surface area contributed by atoms with Gasteiger partial charge in [0.05, 0.1) is 11.8 Å². The van der Waals surface area contributed by atoms with Gasteiger partial charge in [-0.1, -0.05) is 12.1 Å². The van der Waals surface area contributed by atoms with Crippen LogP contribution >= 0.6 is 11.3 Å². The molecule has 0 radical (unpaired) electrons. The van der Waals surface area contributed by atoms with Gasteiger partial charge < -0.3 is 0 Å². The molecule has 0 saturated heterocycles. The Hall–Kier alpha value is -1.89. The zero-order valence-electron chi connectivity index (χ0n) is 8.98. The number of hydrogen-bond donors (Lipinski definition) is 1. The summed E-state index contributed by atoms with van der Waals surface area (Å²) in [5, 5.41) is 6.28. The van der Waals surface area contributed by atoms with Crippen molar-refractivity contribution in [3.63, 3.8) is 0 Å². The molecule has 1 N–H and O–H groups in total. The van der Waals surface area contributed by atoms with Gasteiger partial charge in [-0.2, -0.15) is 18.3 Å². The van der Waals surface area contributed by atoms with Crippen molar-refractivity contribution in [2.45, 2.75) is 6.18 Å². The highest BCUT2D eigenvalue weighted by Gasteiger charge is 2.29. The predicted molar refractivity (Wildman–Crippen MR) is 64.8 cm³/mol. The molecule has 18 heavy (non-hydrogen) atoms. The van der Waals surface area contributed by atoms with Gasteiger partial charge in [-0.25, -0.2) is 4.98 Å². The van der Waals surface area contributed by atoms with Gasteiger partial charge in [0, 0.05) is 11.6 Å². The van der Waals surface area contributed by atoms with Crippen LogP contribution in [0.5, 0.6) is 0 Å². The number of hydrogen-bond acceptors (Lipinski definition) is 4. The molecule has 0 aliphatic heterocycles. The molecule has 0 aliphatic carbocycles. The molecule has 0 aliphatic rings. The first kappa shape index (κ1) is 12.6. The van der Waals surface area contributed by atoms with Crippen LogP contribution in [0.15, 0.2) is 40.9 Å². The van der Waals surface area contributed by atoms with E-state index in [4.69, 9.17) is 0 Å². The molecule has 2 rings (SSSR count). The van der Waals surface area contributed by atoms with E-state index < -0.39 is 11.7 Å². The molecule has 0 bridgehead atoms. The SMILES string of the molecule is FC(F)(F)c1ccc(/C=N\Nc2nccs2)cc1. The Morgan fingerprint density at radius 3 is 2.50 bits per heavy atom. The summed E-state index contributed by atoms with van der Waals surface area (Å²) in [6.45, 7) is 0. The summed E-state index contributed by atoms with van der Waals surface area (Å²) in [4.78, 5) is 3.94. The number of halogens is 3. The molecule has 94 valence electrons. The van der Waals surface area contributed by atoms with Crippen LogP contribution in [0.4, 0.5) is 18.3 Å². The number of nitrogens with one attached hydrogen (secondary N) is 1. The number of nitrogens with zero attached hydrogens (tertiary/aromatic N) is 2. The fraction of sp³-hybridized carbons (Fsp3) is 0.0909. The summed E-state index contributed by atoms with van der Waals surface area (Å²) < 4.78 is 36.9. The monoisotopic (exact) mass is 271 g/mol. The molecule has 1 aromatic carbocycles. The molecule has 0 spiro atoms. The van der Waals surface area contributed by atoms with Crippen LogP contribution in [0, 0.1) is 0 Å². The van der Waals surface area contributed by atoms with E-state index in [0.717, 1.165) is 12.1 Å². The summed E-state index contributed by atoms with van der Waals surface area (Å²) in [6, 6.07) is 4.75. The van der Waals surface area contributed by atoms with Crippen LogP contribution in [0.3, 0.4) is 0 Å². The smallest absolute Gasteiger partial charge is 0.253 e. The van der Waals surface area contributed by atoms with Crippen molar-refractivity contribution in [3.8, 4) is 0 Å². The second-order valence-corrected chi connectivity index (χ2v) is 4.22. The number of thiazole rings is 1. The highest BCUT2D eigenvalue weighted by Crippen LogP contribution is 2.28. The number of benzene rings is 1. The Labute approximate surface area is 105 Å². The highest BCUT2D eigenvalue weighted by molar-refractivity contribution is 7.13. The lowest BCUT2D eigenvalue weighted by atomic mass is 10.1. The summed E-state index contributed by atoms with van der Waals surface area (Å²) in [7, 11) is 0. The zero-order valence-corrected chi connectivity index (χ0v) is 9.79. The van der Waals surface area contributed by atoms with Crippen LogP contribution in [0.1, 0.15) is 11.1 Å². The minimum Gasteiger partial charge on any atom is -0.253 e. The maximum atomic E-state index is 12.3. The molecular weight excluding hydrogens is 263 g/mol. The summed E-state index contributed by atoms with van der Waals surface area (Å²) in [5.41, 5.74) is 2.57. The fourth-order valence-corrected chi connectivity index (χ4v) is 1.68. The minimum atomic E-state index is -4.31. The van der Waals surface area contributed by atoms with Crippen molar-refractivity contribution in [2.75, 3.05) is 5.43 Å². The summed E-state index contributed by atoms with van der Waals surface area (Å²) in [5.74, 6) is 0. The van der Waals surface area contributed by atoms with E-state index >= 15 is 0 Å². The Morgan fingerprint density at radius 2 is 1.94 bits per heavy atom. The first-order valence-corrected chi connectivity index (χ1v) is 5.79. The van der Waals surface area contributed by atoms with Crippen LogP contribution < -0.4 is 5.43 Å². The lowest BCUT2D eigenvalue weighted by molar-refractivity contribution is -0.137. The fourth-order valence-electron chi connectivity index (χ4n) is 1.20. The maximum absolute atomic E-state index is 12.3. The summed E-state index contributed by atoms with van der Waals surface area (Å²) >= 11 is 1.38. The lowest BCUT2D eigenvalue weighted by Gasteiger charge is -2.05. The Morgan fingerprint density at radius 1 is 1.22 bits per heavy atom. The van der Waals surface area contributed by atoms with E-state index in [9.17, 15) is 13.2 Å². The Bertz CT molecular complexity index is 517. The first-order chi connectivity index (χ1) is 8.55. The Kier molecular flexibility index (Phi) is 3.61. The number of aromatic nitrogens is 1. The van der Waals surface area contributed by atoms with Gasteiger partial charge in [0.1, 0.15) is 0 Å². The average Bonchev–Trinajstić information content (AvgIpc) is 2.82. The molecule has 0 amide bonds. The van der Waals surface area contributed by atoms with E-state index in [0.29, 0.717) is 10.7 Å². The zero-order chi connectivity index (χ0) is 13.0. The molecule has 0 unspecified atom stereocenters. The van der Waals surface area contributed by atoms with Crippen LogP contribution in [0.2, 0.25) is 0 Å². The lowest BCUT2D eigenvalue weighted by Crippen LogP contribution is -2.04. The van der Waals surface area contributed by atoms with E-state index in [1.165, 1.54) is 29.7 Å². The van der Waals surface area contributed by atoms with E-state index in [-0.39, 0.29) is 0 Å². The molecule has 1 heterocycles. The van der Waals surface area contributed by atoms with Gasteiger partial charge in [-0.15, -0.1) is 11.3 Å². The second-order valence-electron chi connectivity index (χ2n) is 3.33. The van der Waals surface area contributed by atoms with Crippen molar-refractivity contribution in [2.24, 2.45) is 5.10 Å². The molecule has 2 aromatic rings. The molecule has 7 heteroatoms. The predicted octanol–water partition coefficient (Wildman–Crippen LogP) is 3.61. The third-order valence-corrected chi connectivity index (χ3v) is 2.72. The maximum Gasteiger partial charge on any atom is 0.416 e. The second kappa shape index (κ2) is 5.18. The van der Waals surface area contributed by atoms with Crippen molar-refractivity contribution in [1.29, 1.82) is 0 Å². The van der Waals surface area contributed by atoms with Crippen molar-refractivity contribution < 1.29 is 13.2 Å². The third-order valence-electron chi connectivity index (χ3n) is 2.04. The first-order valence-electron chi connectivity index (χ1n) is 4.91. The molecule has 0 fully saturated rings. The molecular formula is C11H8F3N3S. The van der Waals surface area contributed by atoms with E-state index in [2.05, 4.69) is 15.5 Å². The van der Waals surface area contributed by atoms with E-state index in [1.54, 1.807) is 11.6 Å². The minimum absolute atomic E-state index is 0.576. The summed E-state index contributed by atoms with van der Waals surface area (Å²) in [6.07, 6.45) is -1.25. The van der Waals surface area contributed by atoms with E-state index in [1.807, 2.05) is 0 Å². The van der Waals surface area contributed by atoms with Gasteiger partial charge in [-0.05, 0) is 17.7 Å². The number of alkyl halides is 3.